The molecule has 21 heavy (non-hydrogen) atoms. The van der Waals surface area contributed by atoms with Crippen molar-refractivity contribution in [3.63, 3.8) is 0 Å². The van der Waals surface area contributed by atoms with E-state index in [-0.39, 0.29) is 21.5 Å². The van der Waals surface area contributed by atoms with Gasteiger partial charge < -0.3 is 15.2 Å². The lowest BCUT2D eigenvalue weighted by atomic mass is 10.0. The standard InChI is InChI=1S/C15H13Cl2NO3/c1-20-12-4-3-8(7-13(12)21-2)15(19)9-5-10(16)14(17)11(18)6-9/h3-7H,18H2,1-2H3. The molecular formula is C15H13Cl2NO3. The average molecular weight is 326 g/mol. The zero-order valence-electron chi connectivity index (χ0n) is 11.4. The number of rotatable bonds is 4. The SMILES string of the molecule is COc1ccc(C(=O)c2cc(N)c(Cl)c(Cl)c2)cc1OC. The fourth-order valence-corrected chi connectivity index (χ4v) is 2.22. The van der Waals surface area contributed by atoms with Crippen LogP contribution in [0.15, 0.2) is 30.3 Å². The maximum absolute atomic E-state index is 12.5. The van der Waals surface area contributed by atoms with E-state index in [0.717, 1.165) is 0 Å². The second kappa shape index (κ2) is 6.24. The first-order valence-electron chi connectivity index (χ1n) is 5.99. The first-order valence-corrected chi connectivity index (χ1v) is 6.74. The maximum atomic E-state index is 12.5. The molecule has 0 fully saturated rings. The first-order chi connectivity index (χ1) is 9.97. The first kappa shape index (κ1) is 15.5. The van der Waals surface area contributed by atoms with E-state index in [1.54, 1.807) is 18.2 Å². The maximum Gasteiger partial charge on any atom is 0.193 e. The summed E-state index contributed by atoms with van der Waals surface area (Å²) >= 11 is 11.8. The van der Waals surface area contributed by atoms with Crippen molar-refractivity contribution in [2.24, 2.45) is 0 Å². The fraction of sp³-hybridized carbons (Fsp3) is 0.133. The molecular weight excluding hydrogens is 313 g/mol. The number of anilines is 1. The van der Waals surface area contributed by atoms with Gasteiger partial charge in [-0.2, -0.15) is 0 Å². The summed E-state index contributed by atoms with van der Waals surface area (Å²) in [5.41, 5.74) is 6.77. The summed E-state index contributed by atoms with van der Waals surface area (Å²) in [5.74, 6) is 0.778. The van der Waals surface area contributed by atoms with Crippen molar-refractivity contribution >= 4 is 34.7 Å². The number of ether oxygens (including phenoxy) is 2. The van der Waals surface area contributed by atoms with Crippen LogP contribution in [0.25, 0.3) is 0 Å². The Hall–Kier alpha value is -1.91. The summed E-state index contributed by atoms with van der Waals surface area (Å²) in [4.78, 5) is 12.5. The highest BCUT2D eigenvalue weighted by Gasteiger charge is 2.15. The Bertz CT molecular complexity index is 678. The molecule has 110 valence electrons. The van der Waals surface area contributed by atoms with Crippen LogP contribution in [0.1, 0.15) is 15.9 Å². The van der Waals surface area contributed by atoms with Crippen LogP contribution in [0.2, 0.25) is 10.0 Å². The summed E-state index contributed by atoms with van der Waals surface area (Å²) in [6, 6.07) is 7.88. The molecule has 0 heterocycles. The van der Waals surface area contributed by atoms with E-state index in [0.29, 0.717) is 22.6 Å². The Kier molecular flexibility index (Phi) is 4.60. The number of hydrogen-bond donors (Lipinski definition) is 1. The van der Waals surface area contributed by atoms with E-state index in [1.165, 1.54) is 26.4 Å². The van der Waals surface area contributed by atoms with Crippen molar-refractivity contribution in [2.75, 3.05) is 20.0 Å². The predicted molar refractivity (Wildman–Crippen MR) is 83.9 cm³/mol. The number of ketones is 1. The van der Waals surface area contributed by atoms with Crippen molar-refractivity contribution in [2.45, 2.75) is 0 Å². The molecule has 6 heteroatoms. The molecule has 4 nitrogen and oxygen atoms in total. The summed E-state index contributed by atoms with van der Waals surface area (Å²) in [6.45, 7) is 0. The molecule has 0 aliphatic rings. The van der Waals surface area contributed by atoms with Crippen LogP contribution in [-0.2, 0) is 0 Å². The molecule has 0 radical (unpaired) electrons. The molecule has 0 bridgehead atoms. The minimum Gasteiger partial charge on any atom is -0.493 e. The monoisotopic (exact) mass is 325 g/mol. The largest absolute Gasteiger partial charge is 0.493 e. The van der Waals surface area contributed by atoms with Crippen molar-refractivity contribution in [1.82, 2.24) is 0 Å². The van der Waals surface area contributed by atoms with Gasteiger partial charge in [-0.25, -0.2) is 0 Å². The lowest BCUT2D eigenvalue weighted by Gasteiger charge is -2.10. The highest BCUT2D eigenvalue weighted by Crippen LogP contribution is 2.32. The topological polar surface area (TPSA) is 61.5 Å². The predicted octanol–water partition coefficient (Wildman–Crippen LogP) is 3.82. The highest BCUT2D eigenvalue weighted by molar-refractivity contribution is 6.44. The molecule has 0 aromatic heterocycles. The van der Waals surface area contributed by atoms with Crippen LogP contribution in [0.4, 0.5) is 5.69 Å². The van der Waals surface area contributed by atoms with Gasteiger partial charge in [-0.05, 0) is 30.3 Å². The molecule has 2 N–H and O–H groups in total. The molecule has 0 saturated carbocycles. The molecule has 0 atom stereocenters. The number of carbonyl (C=O) groups excluding carboxylic acids is 1. The second-order valence-corrected chi connectivity index (χ2v) is 5.05. The number of nitrogen functional groups attached to an aromatic ring is 1. The van der Waals surface area contributed by atoms with Crippen LogP contribution in [0.5, 0.6) is 11.5 Å². The Balaban J connectivity index is 2.45. The Morgan fingerprint density at radius 3 is 2.24 bits per heavy atom. The Morgan fingerprint density at radius 1 is 1.00 bits per heavy atom. The zero-order valence-corrected chi connectivity index (χ0v) is 13.0. The molecule has 2 aromatic carbocycles. The van der Waals surface area contributed by atoms with Gasteiger partial charge in [0, 0.05) is 11.1 Å². The fourth-order valence-electron chi connectivity index (χ4n) is 1.89. The zero-order chi connectivity index (χ0) is 15.6. The minimum absolute atomic E-state index is 0.235. The van der Waals surface area contributed by atoms with Gasteiger partial charge in [0.1, 0.15) is 0 Å². The van der Waals surface area contributed by atoms with Crippen LogP contribution in [0, 0.1) is 0 Å². The third kappa shape index (κ3) is 3.06. The molecule has 0 unspecified atom stereocenters. The van der Waals surface area contributed by atoms with E-state index >= 15 is 0 Å². The molecule has 0 aliphatic heterocycles. The van der Waals surface area contributed by atoms with E-state index < -0.39 is 0 Å². The van der Waals surface area contributed by atoms with Crippen molar-refractivity contribution in [3.8, 4) is 11.5 Å². The Labute approximate surface area is 132 Å². The average Bonchev–Trinajstić information content (AvgIpc) is 2.50. The molecule has 0 amide bonds. The van der Waals surface area contributed by atoms with Crippen molar-refractivity contribution < 1.29 is 14.3 Å². The van der Waals surface area contributed by atoms with E-state index in [1.807, 2.05) is 0 Å². The van der Waals surface area contributed by atoms with Gasteiger partial charge >= 0.3 is 0 Å². The van der Waals surface area contributed by atoms with E-state index in [4.69, 9.17) is 38.4 Å². The third-order valence-corrected chi connectivity index (χ3v) is 3.78. The van der Waals surface area contributed by atoms with Crippen LogP contribution < -0.4 is 15.2 Å². The number of benzene rings is 2. The number of carbonyl (C=O) groups is 1. The highest BCUT2D eigenvalue weighted by atomic mass is 35.5. The van der Waals surface area contributed by atoms with Gasteiger partial charge in [0.15, 0.2) is 17.3 Å². The van der Waals surface area contributed by atoms with Crippen LogP contribution in [0.3, 0.4) is 0 Å². The number of hydrogen-bond acceptors (Lipinski definition) is 4. The van der Waals surface area contributed by atoms with E-state index in [9.17, 15) is 4.79 Å². The van der Waals surface area contributed by atoms with E-state index in [2.05, 4.69) is 0 Å². The van der Waals surface area contributed by atoms with Gasteiger partial charge in [-0.3, -0.25) is 4.79 Å². The minimum atomic E-state index is -0.235. The van der Waals surface area contributed by atoms with Gasteiger partial charge in [0.05, 0.1) is 30.0 Å². The van der Waals surface area contributed by atoms with Crippen LogP contribution in [-0.4, -0.2) is 20.0 Å². The lowest BCUT2D eigenvalue weighted by molar-refractivity contribution is 0.103. The summed E-state index contributed by atoms with van der Waals surface area (Å²) in [6.07, 6.45) is 0. The summed E-state index contributed by atoms with van der Waals surface area (Å²) < 4.78 is 10.3. The number of nitrogens with two attached hydrogens (primary N) is 1. The normalized spacial score (nSPS) is 10.3. The molecule has 2 rings (SSSR count). The summed E-state index contributed by atoms with van der Waals surface area (Å²) in [5, 5.41) is 0.473. The number of methoxy groups -OCH3 is 2. The van der Waals surface area contributed by atoms with Gasteiger partial charge in [-0.15, -0.1) is 0 Å². The molecule has 2 aromatic rings. The van der Waals surface area contributed by atoms with Gasteiger partial charge in [-0.1, -0.05) is 23.2 Å². The smallest absolute Gasteiger partial charge is 0.193 e. The second-order valence-electron chi connectivity index (χ2n) is 4.26. The Morgan fingerprint density at radius 2 is 1.67 bits per heavy atom. The molecule has 0 saturated heterocycles. The summed E-state index contributed by atoms with van der Waals surface area (Å²) in [7, 11) is 3.03. The van der Waals surface area contributed by atoms with Crippen molar-refractivity contribution in [1.29, 1.82) is 0 Å². The van der Waals surface area contributed by atoms with Gasteiger partial charge in [0.2, 0.25) is 0 Å². The molecule has 0 spiro atoms. The third-order valence-electron chi connectivity index (χ3n) is 2.96. The quantitative estimate of drug-likeness (QED) is 0.685. The van der Waals surface area contributed by atoms with Crippen molar-refractivity contribution in [3.05, 3.63) is 51.5 Å². The number of halogens is 2. The van der Waals surface area contributed by atoms with Gasteiger partial charge in [0.25, 0.3) is 0 Å². The molecule has 0 aliphatic carbocycles. The lowest BCUT2D eigenvalue weighted by Crippen LogP contribution is -2.04. The van der Waals surface area contributed by atoms with Crippen LogP contribution >= 0.6 is 23.2 Å².